The normalized spacial score (nSPS) is 12.3. The zero-order chi connectivity index (χ0) is 13.9. The molecular formula is C13H19Cl2N3O2S. The van der Waals surface area contributed by atoms with Gasteiger partial charge < -0.3 is 5.32 Å². The van der Waals surface area contributed by atoms with Crippen molar-refractivity contribution in [2.24, 2.45) is 0 Å². The van der Waals surface area contributed by atoms with Crippen molar-refractivity contribution in [1.82, 2.24) is 15.0 Å². The Bertz CT molecular complexity index is 680. The van der Waals surface area contributed by atoms with Gasteiger partial charge in [0.05, 0.1) is 4.90 Å². The van der Waals surface area contributed by atoms with Gasteiger partial charge in [-0.15, -0.1) is 24.8 Å². The third-order valence-corrected chi connectivity index (χ3v) is 4.38. The van der Waals surface area contributed by atoms with E-state index in [0.29, 0.717) is 6.54 Å². The van der Waals surface area contributed by atoms with Crippen LogP contribution in [0.1, 0.15) is 6.92 Å². The molecule has 0 amide bonds. The second kappa shape index (κ2) is 8.51. The summed E-state index contributed by atoms with van der Waals surface area (Å²) in [6.07, 6.45) is 3.36. The van der Waals surface area contributed by atoms with Crippen molar-refractivity contribution >= 4 is 45.6 Å². The minimum atomic E-state index is -3.48. The molecule has 5 nitrogen and oxygen atoms in total. The summed E-state index contributed by atoms with van der Waals surface area (Å²) in [7, 11) is -1.70. The van der Waals surface area contributed by atoms with Crippen LogP contribution in [0.4, 0.5) is 0 Å². The molecule has 21 heavy (non-hydrogen) atoms. The van der Waals surface area contributed by atoms with E-state index < -0.39 is 10.0 Å². The number of benzene rings is 1. The van der Waals surface area contributed by atoms with E-state index in [-0.39, 0.29) is 35.8 Å². The Labute approximate surface area is 137 Å². The third-order valence-electron chi connectivity index (χ3n) is 2.79. The van der Waals surface area contributed by atoms with E-state index in [4.69, 9.17) is 0 Å². The topological polar surface area (TPSA) is 71.1 Å². The fraction of sp³-hybridized carbons (Fsp3) is 0.308. The van der Waals surface area contributed by atoms with Gasteiger partial charge in [0.2, 0.25) is 10.0 Å². The van der Waals surface area contributed by atoms with Crippen LogP contribution in [0.25, 0.3) is 10.8 Å². The second-order valence-electron chi connectivity index (χ2n) is 4.46. The average molecular weight is 352 g/mol. The van der Waals surface area contributed by atoms with Gasteiger partial charge in [-0.05, 0) is 37.6 Å². The predicted octanol–water partition coefficient (Wildman–Crippen LogP) is 1.96. The number of sulfonamides is 1. The molecule has 0 unspecified atom stereocenters. The molecule has 0 aliphatic rings. The van der Waals surface area contributed by atoms with Gasteiger partial charge in [-0.3, -0.25) is 4.98 Å². The molecule has 1 aromatic heterocycles. The van der Waals surface area contributed by atoms with E-state index >= 15 is 0 Å². The molecule has 0 radical (unpaired) electrons. The van der Waals surface area contributed by atoms with Crippen molar-refractivity contribution in [2.45, 2.75) is 17.9 Å². The molecule has 0 saturated carbocycles. The molecule has 0 aliphatic carbocycles. The number of hydrogen-bond acceptors (Lipinski definition) is 4. The number of fused-ring (bicyclic) bond motifs is 1. The van der Waals surface area contributed by atoms with Crippen LogP contribution in [-0.4, -0.2) is 33.0 Å². The van der Waals surface area contributed by atoms with Crippen LogP contribution in [0.3, 0.4) is 0 Å². The Morgan fingerprint density at radius 1 is 1.19 bits per heavy atom. The Morgan fingerprint density at radius 3 is 2.57 bits per heavy atom. The van der Waals surface area contributed by atoms with Gasteiger partial charge in [-0.2, -0.15) is 0 Å². The molecule has 0 bridgehead atoms. The summed E-state index contributed by atoms with van der Waals surface area (Å²) >= 11 is 0. The lowest BCUT2D eigenvalue weighted by molar-refractivity contribution is 0.550. The lowest BCUT2D eigenvalue weighted by Gasteiger charge is -2.14. The van der Waals surface area contributed by atoms with Crippen molar-refractivity contribution < 1.29 is 8.42 Å². The fourth-order valence-electron chi connectivity index (χ4n) is 1.91. The Kier molecular flexibility index (Phi) is 8.13. The van der Waals surface area contributed by atoms with Crippen LogP contribution in [0.5, 0.6) is 0 Å². The molecule has 2 N–H and O–H groups in total. The molecule has 1 heterocycles. The Balaban J connectivity index is 0.00000200. The van der Waals surface area contributed by atoms with Gasteiger partial charge in [-0.1, -0.05) is 6.07 Å². The first-order valence-electron chi connectivity index (χ1n) is 6.03. The van der Waals surface area contributed by atoms with Gasteiger partial charge >= 0.3 is 0 Å². The summed E-state index contributed by atoms with van der Waals surface area (Å²) < 4.78 is 27.0. The first-order valence-corrected chi connectivity index (χ1v) is 7.52. The van der Waals surface area contributed by atoms with Crippen LogP contribution in [0, 0.1) is 0 Å². The lowest BCUT2D eigenvalue weighted by atomic mass is 10.2. The molecular weight excluding hydrogens is 333 g/mol. The average Bonchev–Trinajstić information content (AvgIpc) is 2.37. The van der Waals surface area contributed by atoms with Crippen LogP contribution in [-0.2, 0) is 10.0 Å². The summed E-state index contributed by atoms with van der Waals surface area (Å²) in [4.78, 5) is 4.28. The number of nitrogens with one attached hydrogen (secondary N) is 2. The third kappa shape index (κ3) is 5.09. The van der Waals surface area contributed by atoms with E-state index in [1.54, 1.807) is 43.7 Å². The minimum absolute atomic E-state index is 0. The van der Waals surface area contributed by atoms with Crippen molar-refractivity contribution in [3.63, 3.8) is 0 Å². The minimum Gasteiger partial charge on any atom is -0.318 e. The molecule has 2 aromatic rings. The van der Waals surface area contributed by atoms with Crippen LogP contribution < -0.4 is 10.0 Å². The van der Waals surface area contributed by atoms with Crippen molar-refractivity contribution in [2.75, 3.05) is 13.6 Å². The molecule has 0 aliphatic heterocycles. The van der Waals surface area contributed by atoms with Gasteiger partial charge in [-0.25, -0.2) is 13.1 Å². The summed E-state index contributed by atoms with van der Waals surface area (Å²) in [5.41, 5.74) is 0. The maximum Gasteiger partial charge on any atom is 0.240 e. The highest BCUT2D eigenvalue weighted by atomic mass is 35.5. The quantitative estimate of drug-likeness (QED) is 0.863. The van der Waals surface area contributed by atoms with Crippen LogP contribution in [0.15, 0.2) is 41.6 Å². The van der Waals surface area contributed by atoms with Gasteiger partial charge in [0.15, 0.2) is 0 Å². The highest BCUT2D eigenvalue weighted by molar-refractivity contribution is 7.89. The van der Waals surface area contributed by atoms with E-state index in [2.05, 4.69) is 15.0 Å². The Hall–Kier alpha value is -0.920. The van der Waals surface area contributed by atoms with Gasteiger partial charge in [0.25, 0.3) is 0 Å². The molecule has 1 atom stereocenters. The number of halogens is 2. The lowest BCUT2D eigenvalue weighted by Crippen LogP contribution is -2.38. The smallest absolute Gasteiger partial charge is 0.240 e. The van der Waals surface area contributed by atoms with Gasteiger partial charge in [0, 0.05) is 30.4 Å². The summed E-state index contributed by atoms with van der Waals surface area (Å²) in [6, 6.07) is 6.65. The first kappa shape index (κ1) is 20.1. The highest BCUT2D eigenvalue weighted by Crippen LogP contribution is 2.18. The van der Waals surface area contributed by atoms with Gasteiger partial charge in [0.1, 0.15) is 0 Å². The van der Waals surface area contributed by atoms with Crippen molar-refractivity contribution in [3.05, 3.63) is 36.7 Å². The number of rotatable bonds is 5. The molecule has 8 heteroatoms. The molecule has 0 spiro atoms. The van der Waals surface area contributed by atoms with Crippen LogP contribution in [0.2, 0.25) is 0 Å². The van der Waals surface area contributed by atoms with E-state index in [9.17, 15) is 8.42 Å². The number of likely N-dealkylation sites (N-methyl/N-ethyl adjacent to an activating group) is 1. The summed E-state index contributed by atoms with van der Waals surface area (Å²) in [5, 5.41) is 4.72. The molecule has 2 rings (SSSR count). The standard InChI is InChI=1S/C13H17N3O2S.2ClH/c1-10(8-14-2)16-19(17,18)13-4-3-12-9-15-6-5-11(12)7-13;;/h3-7,9-10,14,16H,8H2,1-2H3;2*1H/t10-;;/m1../s1. The fourth-order valence-corrected chi connectivity index (χ4v) is 3.19. The molecule has 118 valence electrons. The van der Waals surface area contributed by atoms with E-state index in [0.717, 1.165) is 10.8 Å². The molecule has 0 saturated heterocycles. The number of nitrogens with zero attached hydrogens (tertiary/aromatic N) is 1. The maximum absolute atomic E-state index is 12.2. The van der Waals surface area contributed by atoms with E-state index in [1.807, 2.05) is 6.92 Å². The Morgan fingerprint density at radius 2 is 1.90 bits per heavy atom. The zero-order valence-corrected chi connectivity index (χ0v) is 14.2. The molecule has 0 fully saturated rings. The predicted molar refractivity (Wildman–Crippen MR) is 89.9 cm³/mol. The first-order chi connectivity index (χ1) is 9.03. The monoisotopic (exact) mass is 351 g/mol. The zero-order valence-electron chi connectivity index (χ0n) is 11.7. The summed E-state index contributed by atoms with van der Waals surface area (Å²) in [5.74, 6) is 0. The highest BCUT2D eigenvalue weighted by Gasteiger charge is 2.17. The van der Waals surface area contributed by atoms with Crippen molar-refractivity contribution in [1.29, 1.82) is 0 Å². The number of hydrogen-bond donors (Lipinski definition) is 2. The van der Waals surface area contributed by atoms with E-state index in [1.165, 1.54) is 0 Å². The second-order valence-corrected chi connectivity index (χ2v) is 6.18. The SMILES string of the molecule is CNC[C@@H](C)NS(=O)(=O)c1ccc2cnccc2c1.Cl.Cl. The maximum atomic E-state index is 12.2. The number of pyridine rings is 1. The number of aromatic nitrogens is 1. The van der Waals surface area contributed by atoms with Crippen LogP contribution >= 0.6 is 24.8 Å². The van der Waals surface area contributed by atoms with Crippen molar-refractivity contribution in [3.8, 4) is 0 Å². The molecule has 1 aromatic carbocycles. The summed E-state index contributed by atoms with van der Waals surface area (Å²) in [6.45, 7) is 2.40. The largest absolute Gasteiger partial charge is 0.318 e.